The van der Waals surface area contributed by atoms with Crippen LogP contribution in [0.15, 0.2) is 0 Å². The van der Waals surface area contributed by atoms with Crippen LogP contribution in [0.2, 0.25) is 0 Å². The van der Waals surface area contributed by atoms with E-state index in [2.05, 4.69) is 18.7 Å². The molecule has 0 N–H and O–H groups in total. The lowest BCUT2D eigenvalue weighted by Crippen LogP contribution is -2.36. The summed E-state index contributed by atoms with van der Waals surface area (Å²) in [6.07, 6.45) is 2.24. The Balaban J connectivity index is 4.08. The van der Waals surface area contributed by atoms with E-state index in [0.29, 0.717) is 12.3 Å². The van der Waals surface area contributed by atoms with E-state index in [1.807, 2.05) is 20.8 Å². The summed E-state index contributed by atoms with van der Waals surface area (Å²) in [7, 11) is 0. The number of hydrogen-bond acceptors (Lipinski definition) is 2. The normalized spacial score (nSPS) is 12.1. The second-order valence-corrected chi connectivity index (χ2v) is 4.95. The van der Waals surface area contributed by atoms with E-state index in [0.717, 1.165) is 25.9 Å². The maximum Gasteiger partial charge on any atom is 0.152 e. The highest BCUT2D eigenvalue weighted by Gasteiger charge is 2.22. The van der Waals surface area contributed by atoms with Gasteiger partial charge in [0.05, 0.1) is 6.54 Å². The minimum atomic E-state index is -0.195. The van der Waals surface area contributed by atoms with Crippen LogP contribution >= 0.6 is 0 Å². The van der Waals surface area contributed by atoms with Gasteiger partial charge >= 0.3 is 0 Å². The minimum absolute atomic E-state index is 0.195. The smallest absolute Gasteiger partial charge is 0.152 e. The van der Waals surface area contributed by atoms with Crippen LogP contribution in [0.25, 0.3) is 0 Å². The molecule has 0 bridgehead atoms. The van der Waals surface area contributed by atoms with Gasteiger partial charge in [0.15, 0.2) is 5.78 Å². The largest absolute Gasteiger partial charge is 0.298 e. The molecule has 0 aromatic heterocycles. The molecule has 0 aliphatic carbocycles. The average Bonchev–Trinajstić information content (AvgIpc) is 2.03. The Kier molecular flexibility index (Phi) is 6.01. The number of nitrogens with zero attached hydrogens (tertiary/aromatic N) is 1. The van der Waals surface area contributed by atoms with Crippen molar-refractivity contribution in [1.82, 2.24) is 4.90 Å². The summed E-state index contributed by atoms with van der Waals surface area (Å²) in [6, 6.07) is 0. The molecule has 0 spiro atoms. The van der Waals surface area contributed by atoms with Crippen molar-refractivity contribution in [3.05, 3.63) is 0 Å². The second-order valence-electron chi connectivity index (χ2n) is 4.95. The van der Waals surface area contributed by atoms with Crippen LogP contribution < -0.4 is 0 Å². The number of Topliss-reactive ketones (excluding diaryl/α,β-unsaturated/α-hetero) is 1. The second kappa shape index (κ2) is 6.18. The first-order valence-corrected chi connectivity index (χ1v) is 5.67. The predicted molar refractivity (Wildman–Crippen MR) is 61.5 cm³/mol. The fraction of sp³-hybridized carbons (Fsp3) is 0.917. The highest BCUT2D eigenvalue weighted by atomic mass is 16.1. The molecule has 2 nitrogen and oxygen atoms in total. The van der Waals surface area contributed by atoms with Crippen molar-refractivity contribution in [2.75, 3.05) is 19.6 Å². The number of hydrogen-bond donors (Lipinski definition) is 0. The predicted octanol–water partition coefficient (Wildman–Crippen LogP) is 2.72. The summed E-state index contributed by atoms with van der Waals surface area (Å²) < 4.78 is 0. The van der Waals surface area contributed by atoms with Gasteiger partial charge < -0.3 is 0 Å². The summed E-state index contributed by atoms with van der Waals surface area (Å²) in [5, 5.41) is 0. The standard InChI is InChI=1S/C12H25NO/c1-6-8-13(9-7-2)10-11(14)12(3,4)5/h6-10H2,1-5H3. The van der Waals surface area contributed by atoms with Gasteiger partial charge in [-0.05, 0) is 25.9 Å². The summed E-state index contributed by atoms with van der Waals surface area (Å²) in [6.45, 7) is 13.0. The Morgan fingerprint density at radius 1 is 1.07 bits per heavy atom. The molecule has 0 saturated carbocycles. The fourth-order valence-corrected chi connectivity index (χ4v) is 1.34. The van der Waals surface area contributed by atoms with Gasteiger partial charge in [-0.25, -0.2) is 0 Å². The summed E-state index contributed by atoms with van der Waals surface area (Å²) in [5.74, 6) is 0.347. The van der Waals surface area contributed by atoms with E-state index in [9.17, 15) is 4.79 Å². The van der Waals surface area contributed by atoms with Crippen LogP contribution in [-0.2, 0) is 4.79 Å². The first kappa shape index (κ1) is 13.6. The van der Waals surface area contributed by atoms with Gasteiger partial charge in [-0.2, -0.15) is 0 Å². The van der Waals surface area contributed by atoms with Gasteiger partial charge in [0.2, 0.25) is 0 Å². The molecule has 0 radical (unpaired) electrons. The first-order chi connectivity index (χ1) is 6.41. The molecule has 0 aromatic carbocycles. The maximum absolute atomic E-state index is 11.8. The van der Waals surface area contributed by atoms with E-state index in [4.69, 9.17) is 0 Å². The highest BCUT2D eigenvalue weighted by molar-refractivity contribution is 5.85. The van der Waals surface area contributed by atoms with E-state index < -0.39 is 0 Å². The monoisotopic (exact) mass is 199 g/mol. The molecule has 0 saturated heterocycles. The highest BCUT2D eigenvalue weighted by Crippen LogP contribution is 2.15. The zero-order valence-electron chi connectivity index (χ0n) is 10.4. The van der Waals surface area contributed by atoms with Gasteiger partial charge in [-0.3, -0.25) is 9.69 Å². The Morgan fingerprint density at radius 2 is 1.50 bits per heavy atom. The van der Waals surface area contributed by atoms with Crippen LogP contribution in [0.5, 0.6) is 0 Å². The van der Waals surface area contributed by atoms with Crippen molar-refractivity contribution in [1.29, 1.82) is 0 Å². The van der Waals surface area contributed by atoms with Crippen molar-refractivity contribution in [2.24, 2.45) is 5.41 Å². The molecule has 0 unspecified atom stereocenters. The van der Waals surface area contributed by atoms with Crippen LogP contribution in [-0.4, -0.2) is 30.3 Å². The van der Waals surface area contributed by atoms with Crippen LogP contribution in [0.1, 0.15) is 47.5 Å². The number of ketones is 1. The zero-order valence-corrected chi connectivity index (χ0v) is 10.4. The summed E-state index contributed by atoms with van der Waals surface area (Å²) in [5.41, 5.74) is -0.195. The van der Waals surface area contributed by atoms with Gasteiger partial charge in [-0.15, -0.1) is 0 Å². The lowest BCUT2D eigenvalue weighted by Gasteiger charge is -2.24. The number of carbonyl (C=O) groups is 1. The molecule has 0 amide bonds. The van der Waals surface area contributed by atoms with Gasteiger partial charge in [0, 0.05) is 5.41 Å². The maximum atomic E-state index is 11.8. The lowest BCUT2D eigenvalue weighted by molar-refractivity contribution is -0.127. The van der Waals surface area contributed by atoms with Crippen LogP contribution in [0.4, 0.5) is 0 Å². The molecule has 0 atom stereocenters. The molecule has 0 aliphatic rings. The van der Waals surface area contributed by atoms with Gasteiger partial charge in [-0.1, -0.05) is 34.6 Å². The van der Waals surface area contributed by atoms with Crippen molar-refractivity contribution in [3.8, 4) is 0 Å². The lowest BCUT2D eigenvalue weighted by atomic mass is 9.90. The summed E-state index contributed by atoms with van der Waals surface area (Å²) >= 11 is 0. The van der Waals surface area contributed by atoms with Crippen molar-refractivity contribution >= 4 is 5.78 Å². The average molecular weight is 199 g/mol. The Hall–Kier alpha value is -0.370. The molecule has 0 aliphatic heterocycles. The quantitative estimate of drug-likeness (QED) is 0.655. The third-order valence-corrected chi connectivity index (χ3v) is 2.28. The van der Waals surface area contributed by atoms with E-state index >= 15 is 0 Å². The van der Waals surface area contributed by atoms with E-state index in [1.54, 1.807) is 0 Å². The summed E-state index contributed by atoms with van der Waals surface area (Å²) in [4.78, 5) is 14.0. The third-order valence-electron chi connectivity index (χ3n) is 2.28. The molecule has 0 rings (SSSR count). The van der Waals surface area contributed by atoms with Gasteiger partial charge in [0.25, 0.3) is 0 Å². The third kappa shape index (κ3) is 5.38. The van der Waals surface area contributed by atoms with Crippen molar-refractivity contribution in [2.45, 2.75) is 47.5 Å². The molecular weight excluding hydrogens is 174 g/mol. The SMILES string of the molecule is CCCN(CCC)CC(=O)C(C)(C)C. The molecule has 0 aromatic rings. The molecule has 2 heteroatoms. The minimum Gasteiger partial charge on any atom is -0.298 e. The molecular formula is C12H25NO. The van der Waals surface area contributed by atoms with Crippen molar-refractivity contribution in [3.63, 3.8) is 0 Å². The Labute approximate surface area is 88.7 Å². The Morgan fingerprint density at radius 3 is 1.79 bits per heavy atom. The van der Waals surface area contributed by atoms with E-state index in [1.165, 1.54) is 0 Å². The van der Waals surface area contributed by atoms with Gasteiger partial charge in [0.1, 0.15) is 0 Å². The van der Waals surface area contributed by atoms with E-state index in [-0.39, 0.29) is 5.41 Å². The first-order valence-electron chi connectivity index (χ1n) is 5.67. The molecule has 84 valence electrons. The fourth-order valence-electron chi connectivity index (χ4n) is 1.34. The number of carbonyl (C=O) groups excluding carboxylic acids is 1. The number of rotatable bonds is 6. The van der Waals surface area contributed by atoms with Crippen molar-refractivity contribution < 1.29 is 4.79 Å². The molecule has 0 heterocycles. The molecule has 14 heavy (non-hydrogen) atoms. The molecule has 0 fully saturated rings. The van der Waals surface area contributed by atoms with Crippen LogP contribution in [0.3, 0.4) is 0 Å². The topological polar surface area (TPSA) is 20.3 Å². The van der Waals surface area contributed by atoms with Crippen LogP contribution in [0, 0.1) is 5.41 Å². The Bertz CT molecular complexity index is 164. The zero-order chi connectivity index (χ0) is 11.2.